The summed E-state index contributed by atoms with van der Waals surface area (Å²) in [5.74, 6) is 1.15. The van der Waals surface area contributed by atoms with Crippen molar-refractivity contribution in [3.63, 3.8) is 0 Å². The molecule has 0 saturated heterocycles. The van der Waals surface area contributed by atoms with Crippen molar-refractivity contribution in [2.24, 2.45) is 5.92 Å². The lowest BCUT2D eigenvalue weighted by Crippen LogP contribution is -2.11. The highest BCUT2D eigenvalue weighted by atomic mass is 32.2. The van der Waals surface area contributed by atoms with Crippen LogP contribution in [-0.4, -0.2) is 29.5 Å². The molecule has 4 nitrogen and oxygen atoms in total. The molecule has 0 fully saturated rings. The van der Waals surface area contributed by atoms with E-state index in [4.69, 9.17) is 0 Å². The first-order valence-electron chi connectivity index (χ1n) is 7.75. The maximum absolute atomic E-state index is 12.3. The highest BCUT2D eigenvalue weighted by Gasteiger charge is 2.16. The molecule has 2 rings (SSSR count). The minimum absolute atomic E-state index is 0.119. The molecular weight excluding hydrogens is 328 g/mol. The van der Waals surface area contributed by atoms with Crippen molar-refractivity contribution in [3.05, 3.63) is 41.7 Å². The molecule has 126 valence electrons. The number of sulfone groups is 1. The first-order valence-corrected chi connectivity index (χ1v) is 10.4. The normalized spacial score (nSPS) is 12.0. The van der Waals surface area contributed by atoms with E-state index in [1.807, 2.05) is 13.0 Å². The van der Waals surface area contributed by atoms with Crippen LogP contribution >= 0.6 is 11.8 Å². The van der Waals surface area contributed by atoms with Crippen LogP contribution in [0.25, 0.3) is 0 Å². The van der Waals surface area contributed by atoms with Crippen LogP contribution in [0.2, 0.25) is 0 Å². The summed E-state index contributed by atoms with van der Waals surface area (Å²) in [6, 6.07) is 8.62. The van der Waals surface area contributed by atoms with E-state index in [1.165, 1.54) is 11.8 Å². The van der Waals surface area contributed by atoms with Gasteiger partial charge in [-0.3, -0.25) is 0 Å². The minimum atomic E-state index is -3.23. The van der Waals surface area contributed by atoms with E-state index >= 15 is 0 Å². The van der Waals surface area contributed by atoms with Crippen molar-refractivity contribution < 1.29 is 8.42 Å². The zero-order chi connectivity index (χ0) is 17.0. The van der Waals surface area contributed by atoms with Crippen molar-refractivity contribution >= 4 is 21.6 Å². The lowest BCUT2D eigenvalue weighted by atomic mass is 10.2. The van der Waals surface area contributed by atoms with Crippen LogP contribution in [0.15, 0.2) is 40.4 Å². The topological polar surface area (TPSA) is 52.0 Å². The van der Waals surface area contributed by atoms with E-state index in [0.29, 0.717) is 16.6 Å². The first-order chi connectivity index (χ1) is 10.8. The molecule has 0 N–H and O–H groups in total. The monoisotopic (exact) mass is 352 g/mol. The Morgan fingerprint density at radius 3 is 2.43 bits per heavy atom. The molecule has 0 atom stereocenters. The quantitative estimate of drug-likeness (QED) is 0.713. The number of imidazole rings is 1. The van der Waals surface area contributed by atoms with Crippen molar-refractivity contribution in [2.45, 2.75) is 44.3 Å². The summed E-state index contributed by atoms with van der Waals surface area (Å²) >= 11 is 1.52. The second-order valence-corrected chi connectivity index (χ2v) is 9.22. The van der Waals surface area contributed by atoms with Gasteiger partial charge in [0, 0.05) is 18.0 Å². The fourth-order valence-electron chi connectivity index (χ4n) is 2.30. The number of aromatic nitrogens is 2. The summed E-state index contributed by atoms with van der Waals surface area (Å²) in [5.41, 5.74) is 2.17. The fourth-order valence-corrected chi connectivity index (χ4v) is 5.07. The lowest BCUT2D eigenvalue weighted by molar-refractivity contribution is 0.486. The van der Waals surface area contributed by atoms with Crippen molar-refractivity contribution in [3.8, 4) is 0 Å². The second-order valence-electron chi connectivity index (χ2n) is 6.05. The number of benzene rings is 1. The van der Waals surface area contributed by atoms with Crippen LogP contribution in [0.3, 0.4) is 0 Å². The Kier molecular flexibility index (Phi) is 5.92. The van der Waals surface area contributed by atoms with Gasteiger partial charge in [0.25, 0.3) is 0 Å². The number of rotatable bonds is 7. The molecule has 2 aromatic rings. The van der Waals surface area contributed by atoms with Gasteiger partial charge in [0.1, 0.15) is 0 Å². The van der Waals surface area contributed by atoms with Crippen LogP contribution < -0.4 is 0 Å². The molecule has 0 aliphatic carbocycles. The van der Waals surface area contributed by atoms with E-state index in [1.54, 1.807) is 24.3 Å². The molecule has 1 aromatic heterocycles. The molecule has 0 aliphatic rings. The molecule has 0 aliphatic heterocycles. The molecule has 6 heteroatoms. The highest BCUT2D eigenvalue weighted by molar-refractivity contribution is 8.00. The molecule has 0 radical (unpaired) electrons. The minimum Gasteiger partial charge on any atom is -0.323 e. The summed E-state index contributed by atoms with van der Waals surface area (Å²) < 4.78 is 26.8. The zero-order valence-corrected chi connectivity index (χ0v) is 15.7. The maximum Gasteiger partial charge on any atom is 0.179 e. The number of aryl methyl sites for hydroxylation is 1. The standard InChI is InChI=1S/C17H24N2O2S2/c1-13(2)12-19-15(4)14(3)18-17(19)22-10-11-23(20,21)16-8-6-5-7-9-16/h5-9,13H,10-12H2,1-4H3. The largest absolute Gasteiger partial charge is 0.323 e. The number of nitrogens with zero attached hydrogens (tertiary/aromatic N) is 2. The van der Waals surface area contributed by atoms with Gasteiger partial charge in [-0.15, -0.1) is 0 Å². The van der Waals surface area contributed by atoms with Crippen LogP contribution in [0, 0.1) is 19.8 Å². The third-order valence-corrected chi connectivity index (χ3v) is 6.62. The molecule has 0 amide bonds. The van der Waals surface area contributed by atoms with Crippen molar-refractivity contribution in [1.29, 1.82) is 0 Å². The SMILES string of the molecule is Cc1nc(SCCS(=O)(=O)c2ccccc2)n(CC(C)C)c1C. The predicted molar refractivity (Wildman–Crippen MR) is 95.8 cm³/mol. The van der Waals surface area contributed by atoms with Gasteiger partial charge in [-0.05, 0) is 31.9 Å². The zero-order valence-electron chi connectivity index (χ0n) is 14.1. The van der Waals surface area contributed by atoms with Gasteiger partial charge in [0.05, 0.1) is 16.3 Å². The van der Waals surface area contributed by atoms with Crippen LogP contribution in [0.1, 0.15) is 25.2 Å². The Balaban J connectivity index is 2.06. The smallest absolute Gasteiger partial charge is 0.179 e. The third-order valence-electron chi connectivity index (χ3n) is 3.66. The molecule has 0 bridgehead atoms. The molecule has 0 saturated carbocycles. The van der Waals surface area contributed by atoms with Crippen LogP contribution in [0.4, 0.5) is 0 Å². The van der Waals surface area contributed by atoms with Gasteiger partial charge < -0.3 is 4.57 Å². The van der Waals surface area contributed by atoms with E-state index in [0.717, 1.165) is 23.1 Å². The lowest BCUT2D eigenvalue weighted by Gasteiger charge is -2.12. The van der Waals surface area contributed by atoms with Gasteiger partial charge in [-0.25, -0.2) is 13.4 Å². The number of hydrogen-bond acceptors (Lipinski definition) is 4. The van der Waals surface area contributed by atoms with Gasteiger partial charge in [0.2, 0.25) is 0 Å². The average Bonchev–Trinajstić information content (AvgIpc) is 2.75. The Hall–Kier alpha value is -1.27. The molecule has 1 heterocycles. The number of hydrogen-bond donors (Lipinski definition) is 0. The van der Waals surface area contributed by atoms with E-state index in [2.05, 4.69) is 30.3 Å². The average molecular weight is 353 g/mol. The van der Waals surface area contributed by atoms with Gasteiger partial charge in [0.15, 0.2) is 15.0 Å². The predicted octanol–water partition coefficient (Wildman–Crippen LogP) is 3.72. The van der Waals surface area contributed by atoms with Crippen molar-refractivity contribution in [2.75, 3.05) is 11.5 Å². The van der Waals surface area contributed by atoms with Crippen LogP contribution in [-0.2, 0) is 16.4 Å². The van der Waals surface area contributed by atoms with Gasteiger partial charge >= 0.3 is 0 Å². The van der Waals surface area contributed by atoms with E-state index in [-0.39, 0.29) is 5.75 Å². The molecular formula is C17H24N2O2S2. The van der Waals surface area contributed by atoms with Crippen molar-refractivity contribution in [1.82, 2.24) is 9.55 Å². The Morgan fingerprint density at radius 2 is 1.83 bits per heavy atom. The highest BCUT2D eigenvalue weighted by Crippen LogP contribution is 2.23. The molecule has 23 heavy (non-hydrogen) atoms. The van der Waals surface area contributed by atoms with E-state index < -0.39 is 9.84 Å². The summed E-state index contributed by atoms with van der Waals surface area (Å²) in [6.07, 6.45) is 0. The second kappa shape index (κ2) is 7.53. The van der Waals surface area contributed by atoms with Crippen LogP contribution in [0.5, 0.6) is 0 Å². The molecule has 1 aromatic carbocycles. The first kappa shape index (κ1) is 18.1. The summed E-state index contributed by atoms with van der Waals surface area (Å²) in [6.45, 7) is 9.30. The van der Waals surface area contributed by atoms with E-state index in [9.17, 15) is 8.42 Å². The fraction of sp³-hybridized carbons (Fsp3) is 0.471. The Morgan fingerprint density at radius 1 is 1.17 bits per heavy atom. The molecule has 0 unspecified atom stereocenters. The third kappa shape index (κ3) is 4.61. The summed E-state index contributed by atoms with van der Waals surface area (Å²) in [7, 11) is -3.23. The number of thioether (sulfide) groups is 1. The van der Waals surface area contributed by atoms with Gasteiger partial charge in [-0.2, -0.15) is 0 Å². The van der Waals surface area contributed by atoms with Gasteiger partial charge in [-0.1, -0.05) is 43.8 Å². The molecule has 0 spiro atoms. The Bertz CT molecular complexity index is 750. The summed E-state index contributed by atoms with van der Waals surface area (Å²) in [4.78, 5) is 4.97. The maximum atomic E-state index is 12.3. The summed E-state index contributed by atoms with van der Waals surface area (Å²) in [5, 5.41) is 0.914. The Labute approximate surface area is 143 Å².